The van der Waals surface area contributed by atoms with E-state index in [4.69, 9.17) is 11.6 Å². The molecule has 0 spiro atoms. The van der Waals surface area contributed by atoms with Gasteiger partial charge in [0.05, 0.1) is 11.9 Å². The molecule has 1 aliphatic heterocycles. The Hall–Kier alpha value is -1.37. The Balaban J connectivity index is 1.72. The molecule has 5 nitrogen and oxygen atoms in total. The van der Waals surface area contributed by atoms with Gasteiger partial charge in [0.2, 0.25) is 0 Å². The monoisotopic (exact) mass is 339 g/mol. The predicted molar refractivity (Wildman–Crippen MR) is 85.8 cm³/mol. The third-order valence-corrected chi connectivity index (χ3v) is 5.37. The lowest BCUT2D eigenvalue weighted by atomic mass is 10.1. The molecule has 1 unspecified atom stereocenters. The number of nitrogens with one attached hydrogen (secondary N) is 1. The second-order valence-corrected chi connectivity index (χ2v) is 8.19. The van der Waals surface area contributed by atoms with Gasteiger partial charge in [-0.2, -0.15) is 5.10 Å². The molecule has 1 aliphatic rings. The quantitative estimate of drug-likeness (QED) is 0.929. The minimum Gasteiger partial charge on any atom is -0.298 e. The number of benzene rings is 1. The summed E-state index contributed by atoms with van der Waals surface area (Å²) in [5, 5.41) is 7.52. The van der Waals surface area contributed by atoms with Crippen LogP contribution in [0.3, 0.4) is 0 Å². The smallest absolute Gasteiger partial charge is 0.178 e. The van der Waals surface area contributed by atoms with Crippen LogP contribution in [0.5, 0.6) is 0 Å². The normalized spacial score (nSPS) is 19.6. The summed E-state index contributed by atoms with van der Waals surface area (Å²) in [7, 11) is -3.24. The Labute approximate surface area is 135 Å². The van der Waals surface area contributed by atoms with Crippen molar-refractivity contribution < 1.29 is 8.42 Å². The molecule has 1 saturated heterocycles. The molecular formula is C15H18ClN3O2S. The first-order valence-corrected chi connectivity index (χ1v) is 9.40. The van der Waals surface area contributed by atoms with Gasteiger partial charge in [-0.3, -0.25) is 10.00 Å². The Morgan fingerprint density at radius 2 is 2.27 bits per heavy atom. The second kappa shape index (κ2) is 6.02. The van der Waals surface area contributed by atoms with Crippen molar-refractivity contribution in [2.45, 2.75) is 23.8 Å². The molecule has 0 radical (unpaired) electrons. The number of sulfone groups is 1. The van der Waals surface area contributed by atoms with E-state index < -0.39 is 9.84 Å². The molecule has 0 amide bonds. The van der Waals surface area contributed by atoms with Crippen molar-refractivity contribution in [2.75, 3.05) is 19.3 Å². The molecule has 1 aromatic heterocycles. The number of hydrogen-bond acceptors (Lipinski definition) is 4. The van der Waals surface area contributed by atoms with Crippen LogP contribution in [0.1, 0.15) is 23.6 Å². The van der Waals surface area contributed by atoms with Gasteiger partial charge in [-0.05, 0) is 30.7 Å². The molecule has 2 heterocycles. The number of hydrogen-bond donors (Lipinski definition) is 1. The first kappa shape index (κ1) is 15.5. The van der Waals surface area contributed by atoms with E-state index in [1.165, 1.54) is 18.0 Å². The number of aromatic nitrogens is 2. The highest BCUT2D eigenvalue weighted by molar-refractivity contribution is 7.90. The van der Waals surface area contributed by atoms with E-state index in [1.807, 2.05) is 18.2 Å². The van der Waals surface area contributed by atoms with E-state index in [0.717, 1.165) is 36.8 Å². The Morgan fingerprint density at radius 3 is 3.00 bits per heavy atom. The van der Waals surface area contributed by atoms with Gasteiger partial charge in [0.1, 0.15) is 4.90 Å². The summed E-state index contributed by atoms with van der Waals surface area (Å²) in [5.74, 6) is 0.173. The molecule has 3 rings (SSSR count). The van der Waals surface area contributed by atoms with Crippen LogP contribution in [0.4, 0.5) is 0 Å². The summed E-state index contributed by atoms with van der Waals surface area (Å²) in [6, 6.07) is 7.83. The third-order valence-electron chi connectivity index (χ3n) is 4.01. The van der Waals surface area contributed by atoms with Crippen molar-refractivity contribution >= 4 is 21.4 Å². The standard InChI is InChI=1S/C15H18ClN3O2S/c1-22(20,21)14-8-17-18-15(14)12-5-6-19(10-12)9-11-3-2-4-13(16)7-11/h2-4,7-8,12H,5-6,9-10H2,1H3,(H,17,18). The van der Waals surface area contributed by atoms with E-state index in [2.05, 4.69) is 21.2 Å². The average molecular weight is 340 g/mol. The molecule has 0 saturated carbocycles. The summed E-state index contributed by atoms with van der Waals surface area (Å²) in [4.78, 5) is 2.63. The zero-order chi connectivity index (χ0) is 15.7. The fraction of sp³-hybridized carbons (Fsp3) is 0.400. The van der Waals surface area contributed by atoms with Crippen LogP contribution in [-0.4, -0.2) is 42.9 Å². The average Bonchev–Trinajstić information content (AvgIpc) is 3.05. The summed E-state index contributed by atoms with van der Waals surface area (Å²) in [5.41, 5.74) is 1.90. The first-order chi connectivity index (χ1) is 10.4. The van der Waals surface area contributed by atoms with E-state index >= 15 is 0 Å². The van der Waals surface area contributed by atoms with Crippen LogP contribution >= 0.6 is 11.6 Å². The summed E-state index contributed by atoms with van der Waals surface area (Å²) in [6.45, 7) is 2.57. The maximum Gasteiger partial charge on any atom is 0.178 e. The van der Waals surface area contributed by atoms with Crippen molar-refractivity contribution in [1.29, 1.82) is 0 Å². The third kappa shape index (κ3) is 3.34. The topological polar surface area (TPSA) is 66.1 Å². The first-order valence-electron chi connectivity index (χ1n) is 7.13. The van der Waals surface area contributed by atoms with Crippen LogP contribution in [0.15, 0.2) is 35.4 Å². The molecule has 0 bridgehead atoms. The SMILES string of the molecule is CS(=O)(=O)c1cn[nH]c1C1CCN(Cc2cccc(Cl)c2)C1. The highest BCUT2D eigenvalue weighted by Crippen LogP contribution is 2.31. The van der Waals surface area contributed by atoms with Crippen molar-refractivity contribution in [1.82, 2.24) is 15.1 Å². The van der Waals surface area contributed by atoms with Gasteiger partial charge in [0.25, 0.3) is 0 Å². The number of rotatable bonds is 4. The molecule has 1 N–H and O–H groups in total. The molecular weight excluding hydrogens is 322 g/mol. The molecule has 1 aromatic carbocycles. The van der Waals surface area contributed by atoms with E-state index in [0.29, 0.717) is 4.90 Å². The molecule has 118 valence electrons. The number of halogens is 1. The number of aromatic amines is 1. The molecule has 0 aliphatic carbocycles. The van der Waals surface area contributed by atoms with Gasteiger partial charge >= 0.3 is 0 Å². The number of nitrogens with zero attached hydrogens (tertiary/aromatic N) is 2. The van der Waals surface area contributed by atoms with Crippen molar-refractivity contribution in [3.63, 3.8) is 0 Å². The largest absolute Gasteiger partial charge is 0.298 e. The highest BCUT2D eigenvalue weighted by Gasteiger charge is 2.29. The van der Waals surface area contributed by atoms with Gasteiger partial charge in [-0.25, -0.2) is 8.42 Å². The lowest BCUT2D eigenvalue weighted by Crippen LogP contribution is -2.20. The lowest BCUT2D eigenvalue weighted by molar-refractivity contribution is 0.326. The van der Waals surface area contributed by atoms with E-state index in [1.54, 1.807) is 0 Å². The molecule has 7 heteroatoms. The minimum absolute atomic E-state index is 0.173. The molecule has 1 atom stereocenters. The highest BCUT2D eigenvalue weighted by atomic mass is 35.5. The van der Waals surface area contributed by atoms with E-state index in [9.17, 15) is 8.42 Å². The Kier molecular flexibility index (Phi) is 4.25. The molecule has 22 heavy (non-hydrogen) atoms. The lowest BCUT2D eigenvalue weighted by Gasteiger charge is -2.16. The number of H-pyrrole nitrogens is 1. The van der Waals surface area contributed by atoms with Crippen molar-refractivity contribution in [3.8, 4) is 0 Å². The Bertz CT molecular complexity index is 773. The van der Waals surface area contributed by atoms with Crippen molar-refractivity contribution in [3.05, 3.63) is 46.7 Å². The summed E-state index contributed by atoms with van der Waals surface area (Å²) in [6.07, 6.45) is 3.55. The molecule has 2 aromatic rings. The zero-order valence-corrected chi connectivity index (χ0v) is 13.9. The second-order valence-electron chi connectivity index (χ2n) is 5.77. The van der Waals surface area contributed by atoms with Crippen LogP contribution in [0.2, 0.25) is 5.02 Å². The van der Waals surface area contributed by atoms with Crippen LogP contribution in [0.25, 0.3) is 0 Å². The van der Waals surface area contributed by atoms with Crippen LogP contribution in [0, 0.1) is 0 Å². The molecule has 1 fully saturated rings. The minimum atomic E-state index is -3.24. The van der Waals surface area contributed by atoms with Crippen LogP contribution < -0.4 is 0 Å². The van der Waals surface area contributed by atoms with Gasteiger partial charge in [-0.1, -0.05) is 23.7 Å². The maximum absolute atomic E-state index is 11.8. The predicted octanol–water partition coefficient (Wildman–Crippen LogP) is 2.46. The number of likely N-dealkylation sites (tertiary alicyclic amines) is 1. The fourth-order valence-corrected chi connectivity index (χ4v) is 4.05. The Morgan fingerprint density at radius 1 is 1.45 bits per heavy atom. The van der Waals surface area contributed by atoms with E-state index in [-0.39, 0.29) is 5.92 Å². The fourth-order valence-electron chi connectivity index (χ4n) is 2.98. The summed E-state index contributed by atoms with van der Waals surface area (Å²) >= 11 is 6.01. The van der Waals surface area contributed by atoms with Crippen LogP contribution in [-0.2, 0) is 16.4 Å². The van der Waals surface area contributed by atoms with Crippen molar-refractivity contribution in [2.24, 2.45) is 0 Å². The van der Waals surface area contributed by atoms with Gasteiger partial charge < -0.3 is 0 Å². The summed E-state index contributed by atoms with van der Waals surface area (Å²) < 4.78 is 23.6. The maximum atomic E-state index is 11.8. The van der Waals surface area contributed by atoms with Gasteiger partial charge in [0, 0.05) is 30.3 Å². The van der Waals surface area contributed by atoms with Gasteiger partial charge in [0.15, 0.2) is 9.84 Å². The zero-order valence-electron chi connectivity index (χ0n) is 12.3. The van der Waals surface area contributed by atoms with Gasteiger partial charge in [-0.15, -0.1) is 0 Å².